The highest BCUT2D eigenvalue weighted by atomic mass is 79.9. The van der Waals surface area contributed by atoms with Crippen molar-refractivity contribution >= 4 is 27.5 Å². The molecule has 17 heavy (non-hydrogen) atoms. The van der Waals surface area contributed by atoms with E-state index in [1.807, 2.05) is 6.07 Å². The van der Waals surface area contributed by atoms with Gasteiger partial charge in [0.15, 0.2) is 5.41 Å². The Bertz CT molecular complexity index is 509. The van der Waals surface area contributed by atoms with E-state index < -0.39 is 17.1 Å². The molecule has 1 aliphatic heterocycles. The van der Waals surface area contributed by atoms with E-state index in [0.29, 0.717) is 4.47 Å². The van der Waals surface area contributed by atoms with Gasteiger partial charge in [0.1, 0.15) is 5.82 Å². The first kappa shape index (κ1) is 12.0. The van der Waals surface area contributed by atoms with Crippen molar-refractivity contribution in [1.29, 1.82) is 5.26 Å². The van der Waals surface area contributed by atoms with Crippen molar-refractivity contribution in [3.8, 4) is 6.07 Å². The number of amides is 1. The van der Waals surface area contributed by atoms with Crippen LogP contribution in [0, 0.1) is 22.6 Å². The summed E-state index contributed by atoms with van der Waals surface area (Å²) in [5.41, 5.74) is -1.14. The number of rotatable bonds is 2. The van der Waals surface area contributed by atoms with E-state index in [0.717, 1.165) is 0 Å². The molecule has 0 unspecified atom stereocenters. The van der Waals surface area contributed by atoms with E-state index in [1.54, 1.807) is 0 Å². The van der Waals surface area contributed by atoms with E-state index in [2.05, 4.69) is 21.2 Å². The predicted molar refractivity (Wildman–Crippen MR) is 61.6 cm³/mol. The average molecular weight is 299 g/mol. The largest absolute Gasteiger partial charge is 0.377 e. The van der Waals surface area contributed by atoms with Gasteiger partial charge < -0.3 is 10.1 Å². The van der Waals surface area contributed by atoms with Crippen LogP contribution in [0.5, 0.6) is 0 Å². The summed E-state index contributed by atoms with van der Waals surface area (Å²) in [7, 11) is 0. The smallest absolute Gasteiger partial charge is 0.249 e. The third kappa shape index (κ3) is 2.16. The summed E-state index contributed by atoms with van der Waals surface area (Å²) < 4.78 is 18.9. The second-order valence-corrected chi connectivity index (χ2v) is 4.68. The minimum atomic E-state index is -1.19. The average Bonchev–Trinajstić information content (AvgIpc) is 2.23. The zero-order valence-corrected chi connectivity index (χ0v) is 10.3. The van der Waals surface area contributed by atoms with Gasteiger partial charge in [0.05, 0.1) is 25.0 Å². The number of carbonyl (C=O) groups excluding carboxylic acids is 1. The predicted octanol–water partition coefficient (Wildman–Crippen LogP) is 2.07. The molecule has 1 aliphatic rings. The topological polar surface area (TPSA) is 62.1 Å². The summed E-state index contributed by atoms with van der Waals surface area (Å²) in [4.78, 5) is 11.8. The molecule has 1 heterocycles. The van der Waals surface area contributed by atoms with Crippen LogP contribution in [-0.4, -0.2) is 19.1 Å². The van der Waals surface area contributed by atoms with Crippen LogP contribution < -0.4 is 5.32 Å². The number of nitrogens with zero attached hydrogens (tertiary/aromatic N) is 1. The number of halogens is 2. The molecule has 4 nitrogen and oxygen atoms in total. The van der Waals surface area contributed by atoms with Crippen LogP contribution >= 0.6 is 15.9 Å². The normalized spacial score (nSPS) is 16.8. The first-order valence-electron chi connectivity index (χ1n) is 4.83. The molecule has 0 aromatic heterocycles. The molecule has 0 aliphatic carbocycles. The molecule has 0 atom stereocenters. The van der Waals surface area contributed by atoms with Gasteiger partial charge in [0.25, 0.3) is 0 Å². The Hall–Kier alpha value is -1.45. The van der Waals surface area contributed by atoms with Crippen molar-refractivity contribution in [3.05, 3.63) is 28.5 Å². The van der Waals surface area contributed by atoms with Crippen LogP contribution in [0.4, 0.5) is 10.1 Å². The molecule has 88 valence electrons. The van der Waals surface area contributed by atoms with E-state index in [4.69, 9.17) is 10.00 Å². The lowest BCUT2D eigenvalue weighted by Gasteiger charge is -2.33. The van der Waals surface area contributed by atoms with Crippen LogP contribution in [0.1, 0.15) is 0 Å². The molecule has 0 saturated carbocycles. The molecule has 0 spiro atoms. The molecule has 0 bridgehead atoms. The lowest BCUT2D eigenvalue weighted by atomic mass is 9.87. The lowest BCUT2D eigenvalue weighted by molar-refractivity contribution is -0.144. The van der Waals surface area contributed by atoms with Gasteiger partial charge in [-0.05, 0) is 18.2 Å². The van der Waals surface area contributed by atoms with Crippen molar-refractivity contribution < 1.29 is 13.9 Å². The molecule has 1 fully saturated rings. The van der Waals surface area contributed by atoms with Gasteiger partial charge in [-0.1, -0.05) is 15.9 Å². The molecular formula is C11H8BrFN2O2. The Morgan fingerprint density at radius 1 is 1.59 bits per heavy atom. The molecule has 1 saturated heterocycles. The van der Waals surface area contributed by atoms with E-state index in [-0.39, 0.29) is 18.9 Å². The Balaban J connectivity index is 2.19. The highest BCUT2D eigenvalue weighted by molar-refractivity contribution is 9.10. The maximum Gasteiger partial charge on any atom is 0.249 e. The molecule has 1 N–H and O–H groups in total. The van der Waals surface area contributed by atoms with Crippen molar-refractivity contribution in [2.75, 3.05) is 18.5 Å². The van der Waals surface area contributed by atoms with Gasteiger partial charge >= 0.3 is 0 Å². The number of ether oxygens (including phenoxy) is 1. The maximum atomic E-state index is 13.4. The molecule has 0 radical (unpaired) electrons. The van der Waals surface area contributed by atoms with Crippen LogP contribution in [0.2, 0.25) is 0 Å². The maximum absolute atomic E-state index is 13.4. The molecule has 1 aromatic rings. The molecular weight excluding hydrogens is 291 g/mol. The monoisotopic (exact) mass is 298 g/mol. The Morgan fingerprint density at radius 2 is 2.29 bits per heavy atom. The Labute approximate surface area is 106 Å². The zero-order chi connectivity index (χ0) is 12.5. The lowest BCUT2D eigenvalue weighted by Crippen LogP contribution is -2.50. The number of nitriles is 1. The third-order valence-electron chi connectivity index (χ3n) is 2.52. The van der Waals surface area contributed by atoms with Crippen molar-refractivity contribution in [2.24, 2.45) is 5.41 Å². The minimum Gasteiger partial charge on any atom is -0.377 e. The third-order valence-corrected chi connectivity index (χ3v) is 3.02. The first-order valence-corrected chi connectivity index (χ1v) is 5.62. The van der Waals surface area contributed by atoms with Crippen LogP contribution in [0.25, 0.3) is 0 Å². The standard InChI is InChI=1S/C11H8BrFN2O2/c12-7-1-2-8(13)9(3-7)15-10(16)11(4-14)5-17-6-11/h1-3H,5-6H2,(H,15,16). The number of nitrogens with one attached hydrogen (secondary N) is 1. The zero-order valence-electron chi connectivity index (χ0n) is 8.67. The second-order valence-electron chi connectivity index (χ2n) is 3.77. The summed E-state index contributed by atoms with van der Waals surface area (Å²) in [5, 5.41) is 11.3. The molecule has 1 amide bonds. The number of benzene rings is 1. The summed E-state index contributed by atoms with van der Waals surface area (Å²) >= 11 is 3.18. The highest BCUT2D eigenvalue weighted by Crippen LogP contribution is 2.29. The van der Waals surface area contributed by atoms with Crippen LogP contribution in [-0.2, 0) is 9.53 Å². The van der Waals surface area contributed by atoms with E-state index >= 15 is 0 Å². The Morgan fingerprint density at radius 3 is 2.82 bits per heavy atom. The van der Waals surface area contributed by atoms with Crippen LogP contribution in [0.15, 0.2) is 22.7 Å². The van der Waals surface area contributed by atoms with Gasteiger partial charge in [-0.15, -0.1) is 0 Å². The van der Waals surface area contributed by atoms with Crippen molar-refractivity contribution in [3.63, 3.8) is 0 Å². The molecule has 2 rings (SSSR count). The number of anilines is 1. The van der Waals surface area contributed by atoms with Gasteiger partial charge in [-0.3, -0.25) is 4.79 Å². The van der Waals surface area contributed by atoms with Gasteiger partial charge in [-0.25, -0.2) is 4.39 Å². The van der Waals surface area contributed by atoms with Gasteiger partial charge in [0.2, 0.25) is 5.91 Å². The quantitative estimate of drug-likeness (QED) is 0.909. The number of hydrogen-bond donors (Lipinski definition) is 1. The molecule has 6 heteroatoms. The van der Waals surface area contributed by atoms with E-state index in [1.165, 1.54) is 18.2 Å². The fourth-order valence-electron chi connectivity index (χ4n) is 1.39. The summed E-state index contributed by atoms with van der Waals surface area (Å²) in [6, 6.07) is 6.10. The SMILES string of the molecule is N#CC1(C(=O)Nc2cc(Br)ccc2F)COC1. The van der Waals surface area contributed by atoms with Gasteiger partial charge in [0, 0.05) is 4.47 Å². The van der Waals surface area contributed by atoms with Gasteiger partial charge in [-0.2, -0.15) is 5.26 Å². The fourth-order valence-corrected chi connectivity index (χ4v) is 1.75. The molecule has 1 aromatic carbocycles. The summed E-state index contributed by atoms with van der Waals surface area (Å²) in [6.45, 7) is 0.0932. The number of hydrogen-bond acceptors (Lipinski definition) is 3. The fraction of sp³-hybridized carbons (Fsp3) is 0.273. The highest BCUT2D eigenvalue weighted by Gasteiger charge is 2.46. The van der Waals surface area contributed by atoms with Crippen molar-refractivity contribution in [1.82, 2.24) is 0 Å². The van der Waals surface area contributed by atoms with Crippen LogP contribution in [0.3, 0.4) is 0 Å². The Kier molecular flexibility index (Phi) is 3.13. The summed E-state index contributed by atoms with van der Waals surface area (Å²) in [5.74, 6) is -1.09. The minimum absolute atomic E-state index is 0.0466. The summed E-state index contributed by atoms with van der Waals surface area (Å²) in [6.07, 6.45) is 0. The van der Waals surface area contributed by atoms with Crippen molar-refractivity contribution in [2.45, 2.75) is 0 Å². The first-order chi connectivity index (χ1) is 8.07. The second kappa shape index (κ2) is 4.43. The van der Waals surface area contributed by atoms with E-state index in [9.17, 15) is 9.18 Å². The number of carbonyl (C=O) groups is 1.